The number of rotatable bonds is 6. The van der Waals surface area contributed by atoms with Crippen LogP contribution in [-0.2, 0) is 6.42 Å². The normalized spacial score (nSPS) is 15.1. The third kappa shape index (κ3) is 5.04. The third-order valence-electron chi connectivity index (χ3n) is 5.02. The fourth-order valence-electron chi connectivity index (χ4n) is 3.59. The molecule has 3 rings (SSSR count). The van der Waals surface area contributed by atoms with E-state index in [0.29, 0.717) is 17.0 Å². The molecule has 2 aromatic carbocycles. The predicted molar refractivity (Wildman–Crippen MR) is 112 cm³/mol. The Balaban J connectivity index is 1.69. The average molecular weight is 401 g/mol. The lowest BCUT2D eigenvalue weighted by Crippen LogP contribution is -2.36. The number of hydrogen-bond donors (Lipinski definition) is 2. The number of halogens is 1. The molecular weight excluding hydrogens is 376 g/mol. The number of piperidine rings is 1. The van der Waals surface area contributed by atoms with Gasteiger partial charge in [0.25, 0.3) is 5.91 Å². The maximum Gasteiger partial charge on any atom is 0.335 e. The second-order valence-corrected chi connectivity index (χ2v) is 7.73. The van der Waals surface area contributed by atoms with Crippen LogP contribution in [0.2, 0.25) is 5.02 Å². The minimum absolute atomic E-state index is 0.101. The van der Waals surface area contributed by atoms with Gasteiger partial charge in [0, 0.05) is 29.8 Å². The molecule has 0 radical (unpaired) electrons. The highest BCUT2D eigenvalue weighted by Crippen LogP contribution is 2.27. The molecule has 1 heterocycles. The number of amides is 1. The van der Waals surface area contributed by atoms with Crippen molar-refractivity contribution in [2.75, 3.05) is 18.0 Å². The number of benzene rings is 2. The van der Waals surface area contributed by atoms with E-state index in [1.54, 1.807) is 30.3 Å². The molecule has 148 valence electrons. The van der Waals surface area contributed by atoms with E-state index < -0.39 is 5.97 Å². The second kappa shape index (κ2) is 9.11. The summed E-state index contributed by atoms with van der Waals surface area (Å²) < 4.78 is 0. The second-order valence-electron chi connectivity index (χ2n) is 7.29. The zero-order valence-corrected chi connectivity index (χ0v) is 16.7. The molecule has 1 unspecified atom stereocenters. The summed E-state index contributed by atoms with van der Waals surface area (Å²) in [4.78, 5) is 26.1. The maximum absolute atomic E-state index is 12.9. The van der Waals surface area contributed by atoms with Crippen LogP contribution in [0, 0.1) is 0 Å². The van der Waals surface area contributed by atoms with Crippen molar-refractivity contribution in [1.82, 2.24) is 5.32 Å². The van der Waals surface area contributed by atoms with Gasteiger partial charge in [-0.3, -0.25) is 4.79 Å². The van der Waals surface area contributed by atoms with Crippen molar-refractivity contribution < 1.29 is 14.7 Å². The molecule has 2 aromatic rings. The van der Waals surface area contributed by atoms with Gasteiger partial charge in [-0.25, -0.2) is 4.79 Å². The summed E-state index contributed by atoms with van der Waals surface area (Å²) in [5.41, 5.74) is 2.76. The first-order valence-electron chi connectivity index (χ1n) is 9.61. The number of nitrogens with one attached hydrogen (secondary N) is 1. The van der Waals surface area contributed by atoms with Gasteiger partial charge in [-0.05, 0) is 68.5 Å². The Labute approximate surface area is 170 Å². The van der Waals surface area contributed by atoms with E-state index in [1.165, 1.54) is 6.42 Å². The maximum atomic E-state index is 12.9. The molecule has 0 aromatic heterocycles. The number of carboxylic acids is 1. The van der Waals surface area contributed by atoms with Gasteiger partial charge in [0.15, 0.2) is 0 Å². The van der Waals surface area contributed by atoms with Gasteiger partial charge in [0.1, 0.15) is 0 Å². The Morgan fingerprint density at radius 3 is 2.43 bits per heavy atom. The number of anilines is 1. The van der Waals surface area contributed by atoms with Gasteiger partial charge in [-0.15, -0.1) is 0 Å². The molecule has 2 N–H and O–H groups in total. The number of carboxylic acid groups (broad SMARTS) is 1. The van der Waals surface area contributed by atoms with Gasteiger partial charge < -0.3 is 15.3 Å². The first-order valence-corrected chi connectivity index (χ1v) is 9.99. The SMILES string of the molecule is CC(Cc1ccc(C(=O)O)cc1)NC(=O)c1cc(Cl)ccc1N1CCCCC1. The molecule has 1 amide bonds. The minimum Gasteiger partial charge on any atom is -0.478 e. The minimum atomic E-state index is -0.945. The van der Waals surface area contributed by atoms with Gasteiger partial charge in [0.2, 0.25) is 0 Å². The van der Waals surface area contributed by atoms with E-state index in [9.17, 15) is 9.59 Å². The average Bonchev–Trinajstić information content (AvgIpc) is 2.69. The summed E-state index contributed by atoms with van der Waals surface area (Å²) in [6, 6.07) is 12.1. The van der Waals surface area contributed by atoms with Crippen LogP contribution in [0.15, 0.2) is 42.5 Å². The number of nitrogens with zero attached hydrogens (tertiary/aromatic N) is 1. The van der Waals surface area contributed by atoms with E-state index in [2.05, 4.69) is 10.2 Å². The highest BCUT2D eigenvalue weighted by molar-refractivity contribution is 6.31. The van der Waals surface area contributed by atoms with Crippen LogP contribution >= 0.6 is 11.6 Å². The van der Waals surface area contributed by atoms with Crippen molar-refractivity contribution >= 4 is 29.2 Å². The van der Waals surface area contributed by atoms with Crippen molar-refractivity contribution in [3.63, 3.8) is 0 Å². The Morgan fingerprint density at radius 1 is 1.11 bits per heavy atom. The van der Waals surface area contributed by atoms with Gasteiger partial charge in [-0.1, -0.05) is 23.7 Å². The number of carbonyl (C=O) groups is 2. The van der Waals surface area contributed by atoms with Crippen molar-refractivity contribution in [3.8, 4) is 0 Å². The molecule has 6 heteroatoms. The number of hydrogen-bond acceptors (Lipinski definition) is 3. The molecule has 0 saturated carbocycles. The molecule has 0 spiro atoms. The molecule has 1 aliphatic rings. The van der Waals surface area contributed by atoms with Gasteiger partial charge >= 0.3 is 5.97 Å². The Kier molecular flexibility index (Phi) is 6.57. The summed E-state index contributed by atoms with van der Waals surface area (Å²) in [5.74, 6) is -1.09. The third-order valence-corrected chi connectivity index (χ3v) is 5.26. The lowest BCUT2D eigenvalue weighted by molar-refractivity contribution is 0.0696. The first-order chi connectivity index (χ1) is 13.4. The van der Waals surface area contributed by atoms with Crippen molar-refractivity contribution in [2.45, 2.75) is 38.6 Å². The van der Waals surface area contributed by atoms with Crippen LogP contribution in [0.4, 0.5) is 5.69 Å². The summed E-state index contributed by atoms with van der Waals surface area (Å²) in [6.45, 7) is 3.84. The standard InChI is InChI=1S/C22H25ClN2O3/c1-15(13-16-5-7-17(8-6-16)22(27)28)24-21(26)19-14-18(23)9-10-20(19)25-11-3-2-4-12-25/h5-10,14-15H,2-4,11-13H2,1H3,(H,24,26)(H,27,28). The van der Waals surface area contributed by atoms with Crippen LogP contribution in [0.1, 0.15) is 52.5 Å². The highest BCUT2D eigenvalue weighted by Gasteiger charge is 2.20. The summed E-state index contributed by atoms with van der Waals surface area (Å²) in [7, 11) is 0. The van der Waals surface area contributed by atoms with E-state index in [1.807, 2.05) is 19.1 Å². The van der Waals surface area contributed by atoms with Crippen LogP contribution in [0.5, 0.6) is 0 Å². The zero-order valence-electron chi connectivity index (χ0n) is 16.0. The molecule has 1 aliphatic heterocycles. The van der Waals surface area contributed by atoms with Crippen LogP contribution in [0.3, 0.4) is 0 Å². The van der Waals surface area contributed by atoms with E-state index in [-0.39, 0.29) is 17.5 Å². The number of carbonyl (C=O) groups excluding carboxylic acids is 1. The largest absolute Gasteiger partial charge is 0.478 e. The van der Waals surface area contributed by atoms with Crippen LogP contribution in [0.25, 0.3) is 0 Å². The van der Waals surface area contributed by atoms with Crippen molar-refractivity contribution in [2.24, 2.45) is 0 Å². The van der Waals surface area contributed by atoms with E-state index >= 15 is 0 Å². The van der Waals surface area contributed by atoms with E-state index in [0.717, 1.165) is 37.2 Å². The van der Waals surface area contributed by atoms with Crippen molar-refractivity contribution in [3.05, 3.63) is 64.2 Å². The highest BCUT2D eigenvalue weighted by atomic mass is 35.5. The van der Waals surface area contributed by atoms with Gasteiger partial charge in [0.05, 0.1) is 11.1 Å². The molecule has 0 bridgehead atoms. The molecule has 5 nitrogen and oxygen atoms in total. The predicted octanol–water partition coefficient (Wildman–Crippen LogP) is 4.39. The van der Waals surface area contributed by atoms with E-state index in [4.69, 9.17) is 16.7 Å². The first kappa shape index (κ1) is 20.2. The Bertz CT molecular complexity index is 845. The van der Waals surface area contributed by atoms with Crippen molar-refractivity contribution in [1.29, 1.82) is 0 Å². The fourth-order valence-corrected chi connectivity index (χ4v) is 3.76. The summed E-state index contributed by atoms with van der Waals surface area (Å²) in [6.07, 6.45) is 4.10. The number of aromatic carboxylic acids is 1. The lowest BCUT2D eigenvalue weighted by Gasteiger charge is -2.30. The summed E-state index contributed by atoms with van der Waals surface area (Å²) in [5, 5.41) is 12.6. The molecule has 1 saturated heterocycles. The van der Waals surface area contributed by atoms with Gasteiger partial charge in [-0.2, -0.15) is 0 Å². The fraction of sp³-hybridized carbons (Fsp3) is 0.364. The molecule has 28 heavy (non-hydrogen) atoms. The van der Waals surface area contributed by atoms with Crippen LogP contribution < -0.4 is 10.2 Å². The Hall–Kier alpha value is -2.53. The lowest BCUT2D eigenvalue weighted by atomic mass is 10.0. The monoisotopic (exact) mass is 400 g/mol. The summed E-state index contributed by atoms with van der Waals surface area (Å²) >= 11 is 6.16. The Morgan fingerprint density at radius 2 is 1.79 bits per heavy atom. The topological polar surface area (TPSA) is 69.6 Å². The zero-order chi connectivity index (χ0) is 20.1. The molecule has 1 atom stereocenters. The molecule has 1 fully saturated rings. The smallest absolute Gasteiger partial charge is 0.335 e. The quantitative estimate of drug-likeness (QED) is 0.754. The van der Waals surface area contributed by atoms with Crippen LogP contribution in [-0.4, -0.2) is 36.1 Å². The molecule has 0 aliphatic carbocycles. The molecular formula is C22H25ClN2O3.